The molecule has 1 aromatic carbocycles. The van der Waals surface area contributed by atoms with Crippen LogP contribution >= 0.6 is 0 Å². The van der Waals surface area contributed by atoms with Gasteiger partial charge >= 0.3 is 0 Å². The number of hydrogen-bond donors (Lipinski definition) is 1. The normalized spacial score (nSPS) is 10.3. The fourth-order valence-corrected chi connectivity index (χ4v) is 1.52. The lowest BCUT2D eigenvalue weighted by molar-refractivity contribution is 0.340. The second-order valence-electron chi connectivity index (χ2n) is 3.43. The van der Waals surface area contributed by atoms with E-state index in [1.165, 1.54) is 0 Å². The summed E-state index contributed by atoms with van der Waals surface area (Å²) in [4.78, 5) is 4.05. The van der Waals surface area contributed by atoms with Crippen LogP contribution in [0.3, 0.4) is 0 Å². The highest BCUT2D eigenvalue weighted by molar-refractivity contribution is 5.31. The Balaban J connectivity index is 2.12. The molecule has 0 bridgehead atoms. The number of hydrogen-bond acceptors (Lipinski definition) is 4. The Morgan fingerprint density at radius 2 is 2.31 bits per heavy atom. The number of aromatic nitrogens is 1. The molecule has 0 saturated heterocycles. The summed E-state index contributed by atoms with van der Waals surface area (Å²) in [6.45, 7) is 2.63. The van der Waals surface area contributed by atoms with Gasteiger partial charge in [-0.05, 0) is 24.6 Å². The molecule has 0 saturated carbocycles. The van der Waals surface area contributed by atoms with Gasteiger partial charge in [0, 0.05) is 6.42 Å². The smallest absolute Gasteiger partial charge is 0.292 e. The summed E-state index contributed by atoms with van der Waals surface area (Å²) >= 11 is 0. The highest BCUT2D eigenvalue weighted by Gasteiger charge is 2.03. The predicted molar refractivity (Wildman–Crippen MR) is 61.3 cm³/mol. The van der Waals surface area contributed by atoms with Crippen molar-refractivity contribution in [1.29, 1.82) is 0 Å². The molecule has 4 heteroatoms. The van der Waals surface area contributed by atoms with E-state index in [1.54, 1.807) is 6.26 Å². The quantitative estimate of drug-likeness (QED) is 0.854. The van der Waals surface area contributed by atoms with Crippen molar-refractivity contribution >= 4 is 6.01 Å². The van der Waals surface area contributed by atoms with Crippen LogP contribution in [0, 0.1) is 0 Å². The zero-order chi connectivity index (χ0) is 11.4. The number of benzene rings is 1. The molecule has 0 aliphatic carbocycles. The number of rotatable bonds is 4. The monoisotopic (exact) mass is 218 g/mol. The molecule has 2 aromatic rings. The van der Waals surface area contributed by atoms with Gasteiger partial charge in [0.2, 0.25) is 0 Å². The number of nitrogens with two attached hydrogens (primary N) is 1. The van der Waals surface area contributed by atoms with E-state index in [1.807, 2.05) is 31.2 Å². The Kier molecular flexibility index (Phi) is 3.10. The second-order valence-corrected chi connectivity index (χ2v) is 3.43. The highest BCUT2D eigenvalue weighted by atomic mass is 16.5. The van der Waals surface area contributed by atoms with Gasteiger partial charge in [-0.15, -0.1) is 0 Å². The maximum atomic E-state index is 5.42. The molecule has 2 rings (SSSR count). The third-order valence-electron chi connectivity index (χ3n) is 2.16. The Morgan fingerprint density at radius 3 is 3.00 bits per heavy atom. The van der Waals surface area contributed by atoms with Crippen LogP contribution in [-0.4, -0.2) is 11.6 Å². The maximum Gasteiger partial charge on any atom is 0.292 e. The SMILES string of the molecule is CCOc1cccc(Cc2coc(N)n2)c1. The van der Waals surface area contributed by atoms with Crippen LogP contribution in [0.1, 0.15) is 18.2 Å². The first kappa shape index (κ1) is 10.5. The third-order valence-corrected chi connectivity index (χ3v) is 2.16. The number of nitrogen functional groups attached to an aromatic ring is 1. The number of oxazole rings is 1. The van der Waals surface area contributed by atoms with E-state index in [0.717, 1.165) is 17.0 Å². The van der Waals surface area contributed by atoms with Gasteiger partial charge in [-0.1, -0.05) is 12.1 Å². The van der Waals surface area contributed by atoms with Gasteiger partial charge in [-0.25, -0.2) is 0 Å². The minimum Gasteiger partial charge on any atom is -0.494 e. The average Bonchev–Trinajstić information content (AvgIpc) is 2.65. The molecule has 1 heterocycles. The third kappa shape index (κ3) is 2.53. The molecule has 84 valence electrons. The van der Waals surface area contributed by atoms with Gasteiger partial charge in [0.1, 0.15) is 12.0 Å². The first-order valence-electron chi connectivity index (χ1n) is 5.19. The first-order valence-corrected chi connectivity index (χ1v) is 5.19. The number of anilines is 1. The van der Waals surface area contributed by atoms with Crippen molar-refractivity contribution in [3.8, 4) is 5.75 Å². The fraction of sp³-hybridized carbons (Fsp3) is 0.250. The molecule has 0 unspecified atom stereocenters. The van der Waals surface area contributed by atoms with Crippen molar-refractivity contribution in [1.82, 2.24) is 4.98 Å². The van der Waals surface area contributed by atoms with Gasteiger partial charge in [-0.2, -0.15) is 4.98 Å². The van der Waals surface area contributed by atoms with Gasteiger partial charge in [0.05, 0.1) is 12.3 Å². The predicted octanol–water partition coefficient (Wildman–Crippen LogP) is 2.25. The minimum absolute atomic E-state index is 0.205. The molecular formula is C12H14N2O2. The van der Waals surface area contributed by atoms with Crippen molar-refractivity contribution < 1.29 is 9.15 Å². The summed E-state index contributed by atoms with van der Waals surface area (Å²) in [6, 6.07) is 8.12. The molecule has 0 atom stereocenters. The van der Waals surface area contributed by atoms with E-state index in [-0.39, 0.29) is 6.01 Å². The summed E-state index contributed by atoms with van der Waals surface area (Å²) < 4.78 is 10.4. The molecule has 1 aromatic heterocycles. The Morgan fingerprint density at radius 1 is 1.44 bits per heavy atom. The molecule has 16 heavy (non-hydrogen) atoms. The van der Waals surface area contributed by atoms with Crippen LogP contribution in [0.15, 0.2) is 34.9 Å². The molecule has 4 nitrogen and oxygen atoms in total. The number of ether oxygens (including phenoxy) is 1. The highest BCUT2D eigenvalue weighted by Crippen LogP contribution is 2.16. The Bertz CT molecular complexity index is 466. The lowest BCUT2D eigenvalue weighted by Crippen LogP contribution is -1.94. The molecule has 0 radical (unpaired) electrons. The lowest BCUT2D eigenvalue weighted by Gasteiger charge is -2.04. The van der Waals surface area contributed by atoms with Crippen molar-refractivity contribution in [3.63, 3.8) is 0 Å². The zero-order valence-corrected chi connectivity index (χ0v) is 9.14. The largest absolute Gasteiger partial charge is 0.494 e. The van der Waals surface area contributed by atoms with Crippen LogP contribution in [0.5, 0.6) is 5.75 Å². The van der Waals surface area contributed by atoms with Crippen LogP contribution in [0.25, 0.3) is 0 Å². The summed E-state index contributed by atoms with van der Waals surface area (Å²) in [5, 5.41) is 0. The Labute approximate surface area is 94.1 Å². The van der Waals surface area contributed by atoms with E-state index in [2.05, 4.69) is 4.98 Å². The van der Waals surface area contributed by atoms with Crippen molar-refractivity contribution in [3.05, 3.63) is 41.8 Å². The first-order chi connectivity index (χ1) is 7.78. The van der Waals surface area contributed by atoms with Crippen molar-refractivity contribution in [2.75, 3.05) is 12.3 Å². The molecule has 0 fully saturated rings. The van der Waals surface area contributed by atoms with Gasteiger partial charge in [0.25, 0.3) is 6.01 Å². The van der Waals surface area contributed by atoms with Gasteiger partial charge in [0.15, 0.2) is 0 Å². The molecule has 0 aliphatic rings. The molecule has 0 aliphatic heterocycles. The van der Waals surface area contributed by atoms with E-state index in [0.29, 0.717) is 13.0 Å². The van der Waals surface area contributed by atoms with Gasteiger partial charge < -0.3 is 14.9 Å². The average molecular weight is 218 g/mol. The fourth-order valence-electron chi connectivity index (χ4n) is 1.52. The Hall–Kier alpha value is -1.97. The topological polar surface area (TPSA) is 61.3 Å². The molecule has 2 N–H and O–H groups in total. The summed E-state index contributed by atoms with van der Waals surface area (Å²) in [6.07, 6.45) is 2.27. The van der Waals surface area contributed by atoms with E-state index < -0.39 is 0 Å². The van der Waals surface area contributed by atoms with E-state index in [9.17, 15) is 0 Å². The lowest BCUT2D eigenvalue weighted by atomic mass is 10.1. The standard InChI is InChI=1S/C12H14N2O2/c1-2-15-11-5-3-4-9(7-11)6-10-8-16-12(13)14-10/h3-5,7-8H,2,6H2,1H3,(H2,13,14). The second kappa shape index (κ2) is 4.70. The summed E-state index contributed by atoms with van der Waals surface area (Å²) in [7, 11) is 0. The van der Waals surface area contributed by atoms with Crippen LogP contribution < -0.4 is 10.5 Å². The summed E-state index contributed by atoms with van der Waals surface area (Å²) in [5.74, 6) is 0.872. The zero-order valence-electron chi connectivity index (χ0n) is 9.14. The molecule has 0 amide bonds. The van der Waals surface area contributed by atoms with Crippen molar-refractivity contribution in [2.45, 2.75) is 13.3 Å². The maximum absolute atomic E-state index is 5.42. The van der Waals surface area contributed by atoms with Crippen LogP contribution in [0.4, 0.5) is 6.01 Å². The van der Waals surface area contributed by atoms with Crippen LogP contribution in [0.2, 0.25) is 0 Å². The van der Waals surface area contributed by atoms with E-state index >= 15 is 0 Å². The minimum atomic E-state index is 0.205. The van der Waals surface area contributed by atoms with Gasteiger partial charge in [-0.3, -0.25) is 0 Å². The molecule has 0 spiro atoms. The number of nitrogens with zero attached hydrogens (tertiary/aromatic N) is 1. The van der Waals surface area contributed by atoms with Crippen LogP contribution in [-0.2, 0) is 6.42 Å². The summed E-state index contributed by atoms with van der Waals surface area (Å²) in [5.41, 5.74) is 7.36. The molecular weight excluding hydrogens is 204 g/mol. The van der Waals surface area contributed by atoms with E-state index in [4.69, 9.17) is 14.9 Å². The van der Waals surface area contributed by atoms with Crippen molar-refractivity contribution in [2.24, 2.45) is 0 Å².